The lowest BCUT2D eigenvalue weighted by atomic mass is 10.1. The summed E-state index contributed by atoms with van der Waals surface area (Å²) >= 11 is 1.58. The molecule has 0 bridgehead atoms. The maximum atomic E-state index is 8.66. The lowest BCUT2D eigenvalue weighted by Gasteiger charge is -2.01. The second kappa shape index (κ2) is 4.98. The summed E-state index contributed by atoms with van der Waals surface area (Å²) in [5.41, 5.74) is 2.02. The van der Waals surface area contributed by atoms with Crippen LogP contribution in [-0.4, -0.2) is 12.1 Å². The van der Waals surface area contributed by atoms with Crippen LogP contribution in [0.1, 0.15) is 9.88 Å². The quantitative estimate of drug-likeness (QED) is 0.833. The van der Waals surface area contributed by atoms with Gasteiger partial charge in [-0.05, 0) is 31.2 Å². The van der Waals surface area contributed by atoms with Gasteiger partial charge < -0.3 is 4.74 Å². The van der Waals surface area contributed by atoms with Gasteiger partial charge in [0.05, 0.1) is 25.3 Å². The van der Waals surface area contributed by atoms with Crippen molar-refractivity contribution in [3.05, 3.63) is 34.2 Å². The first kappa shape index (κ1) is 11.6. The number of rotatable bonds is 3. The van der Waals surface area contributed by atoms with Crippen LogP contribution in [0.5, 0.6) is 5.75 Å². The van der Waals surface area contributed by atoms with Crippen molar-refractivity contribution in [3.63, 3.8) is 0 Å². The highest BCUT2D eigenvalue weighted by molar-refractivity contribution is 7.12. The second-order valence-electron chi connectivity index (χ2n) is 3.58. The van der Waals surface area contributed by atoms with Gasteiger partial charge in [-0.25, -0.2) is 4.98 Å². The summed E-state index contributed by atoms with van der Waals surface area (Å²) in [6, 6.07) is 9.92. The molecule has 0 aliphatic carbocycles. The van der Waals surface area contributed by atoms with Crippen molar-refractivity contribution in [1.29, 1.82) is 5.26 Å². The fourth-order valence-electron chi connectivity index (χ4n) is 1.61. The lowest BCUT2D eigenvalue weighted by molar-refractivity contribution is 0.415. The predicted molar refractivity (Wildman–Crippen MR) is 68.2 cm³/mol. The number of benzene rings is 1. The Hall–Kier alpha value is -1.86. The van der Waals surface area contributed by atoms with E-state index >= 15 is 0 Å². The Labute approximate surface area is 104 Å². The molecule has 17 heavy (non-hydrogen) atoms. The topological polar surface area (TPSA) is 45.9 Å². The van der Waals surface area contributed by atoms with E-state index in [9.17, 15) is 0 Å². The summed E-state index contributed by atoms with van der Waals surface area (Å²) in [5.74, 6) is 0.832. The van der Waals surface area contributed by atoms with Gasteiger partial charge in [-0.1, -0.05) is 0 Å². The molecule has 0 saturated heterocycles. The van der Waals surface area contributed by atoms with E-state index in [0.717, 1.165) is 26.9 Å². The molecular weight excluding hydrogens is 232 g/mol. The van der Waals surface area contributed by atoms with Gasteiger partial charge in [-0.15, -0.1) is 11.3 Å². The summed E-state index contributed by atoms with van der Waals surface area (Å²) in [7, 11) is 1.65. The Balaban J connectivity index is 2.35. The Morgan fingerprint density at radius 1 is 1.35 bits per heavy atom. The average Bonchev–Trinajstić information content (AvgIpc) is 2.71. The molecule has 0 amide bonds. The minimum Gasteiger partial charge on any atom is -0.497 e. The summed E-state index contributed by atoms with van der Waals surface area (Å²) in [6.45, 7) is 2.03. The van der Waals surface area contributed by atoms with Gasteiger partial charge in [0.1, 0.15) is 10.8 Å². The number of ether oxygens (including phenoxy) is 1. The van der Waals surface area contributed by atoms with E-state index in [1.165, 1.54) is 0 Å². The molecule has 1 aromatic heterocycles. The van der Waals surface area contributed by atoms with Gasteiger partial charge in [0.15, 0.2) is 0 Å². The normalized spacial score (nSPS) is 9.94. The van der Waals surface area contributed by atoms with Crippen LogP contribution in [0.25, 0.3) is 11.3 Å². The molecule has 86 valence electrons. The number of methoxy groups -OCH3 is 1. The van der Waals surface area contributed by atoms with Crippen LogP contribution >= 0.6 is 11.3 Å². The molecule has 2 rings (SSSR count). The number of thiazole rings is 1. The minimum atomic E-state index is 0.377. The highest BCUT2D eigenvalue weighted by Crippen LogP contribution is 2.28. The monoisotopic (exact) mass is 244 g/mol. The van der Waals surface area contributed by atoms with E-state index in [1.54, 1.807) is 18.4 Å². The van der Waals surface area contributed by atoms with Gasteiger partial charge in [-0.2, -0.15) is 5.26 Å². The molecule has 0 atom stereocenters. The van der Waals surface area contributed by atoms with Crippen molar-refractivity contribution in [2.75, 3.05) is 7.11 Å². The lowest BCUT2D eigenvalue weighted by Crippen LogP contribution is -1.85. The number of hydrogen-bond acceptors (Lipinski definition) is 4. The van der Waals surface area contributed by atoms with Crippen molar-refractivity contribution >= 4 is 11.3 Å². The van der Waals surface area contributed by atoms with E-state index in [0.29, 0.717) is 6.42 Å². The first-order chi connectivity index (χ1) is 8.24. The highest BCUT2D eigenvalue weighted by atomic mass is 32.1. The highest BCUT2D eigenvalue weighted by Gasteiger charge is 2.09. The van der Waals surface area contributed by atoms with Gasteiger partial charge in [0.25, 0.3) is 0 Å². The molecule has 0 spiro atoms. The first-order valence-electron chi connectivity index (χ1n) is 5.22. The predicted octanol–water partition coefficient (Wildman–Crippen LogP) is 3.19. The van der Waals surface area contributed by atoms with Gasteiger partial charge in [0, 0.05) is 10.4 Å². The number of nitrogens with zero attached hydrogens (tertiary/aromatic N) is 2. The smallest absolute Gasteiger partial charge is 0.118 e. The molecule has 0 aliphatic heterocycles. The molecule has 3 nitrogen and oxygen atoms in total. The van der Waals surface area contributed by atoms with Crippen molar-refractivity contribution in [2.24, 2.45) is 0 Å². The van der Waals surface area contributed by atoms with Crippen LogP contribution in [0.2, 0.25) is 0 Å². The van der Waals surface area contributed by atoms with Crippen LogP contribution in [0.15, 0.2) is 24.3 Å². The summed E-state index contributed by atoms with van der Waals surface area (Å²) in [6.07, 6.45) is 0.377. The van der Waals surface area contributed by atoms with E-state index in [2.05, 4.69) is 11.1 Å². The van der Waals surface area contributed by atoms with Crippen LogP contribution in [0.3, 0.4) is 0 Å². The van der Waals surface area contributed by atoms with E-state index in [1.807, 2.05) is 31.2 Å². The molecule has 0 radical (unpaired) electrons. The summed E-state index contributed by atoms with van der Waals surface area (Å²) in [5, 5.41) is 9.53. The van der Waals surface area contributed by atoms with Crippen LogP contribution in [0, 0.1) is 18.3 Å². The van der Waals surface area contributed by atoms with Crippen molar-refractivity contribution < 1.29 is 4.74 Å². The van der Waals surface area contributed by atoms with Crippen molar-refractivity contribution in [3.8, 4) is 23.1 Å². The largest absolute Gasteiger partial charge is 0.497 e. The van der Waals surface area contributed by atoms with Crippen molar-refractivity contribution in [1.82, 2.24) is 4.98 Å². The standard InChI is InChI=1S/C13H12N2OS/c1-9-13(15-12(17-9)7-8-14)10-3-5-11(16-2)6-4-10/h3-6H,7H2,1-2H3. The summed E-state index contributed by atoms with van der Waals surface area (Å²) < 4.78 is 5.12. The third-order valence-corrected chi connectivity index (χ3v) is 3.41. The molecule has 1 heterocycles. The Morgan fingerprint density at radius 3 is 2.65 bits per heavy atom. The van der Waals surface area contributed by atoms with Gasteiger partial charge in [0.2, 0.25) is 0 Å². The fourth-order valence-corrected chi connectivity index (χ4v) is 2.50. The Morgan fingerprint density at radius 2 is 2.06 bits per heavy atom. The molecule has 2 aromatic rings. The van der Waals surface area contributed by atoms with E-state index < -0.39 is 0 Å². The molecule has 1 aromatic carbocycles. The SMILES string of the molecule is COc1ccc(-c2nc(CC#N)sc2C)cc1. The number of aromatic nitrogens is 1. The zero-order valence-electron chi connectivity index (χ0n) is 9.73. The maximum absolute atomic E-state index is 8.66. The van der Waals surface area contributed by atoms with Gasteiger partial charge in [-0.3, -0.25) is 0 Å². The third kappa shape index (κ3) is 2.45. The minimum absolute atomic E-state index is 0.377. The molecule has 0 N–H and O–H groups in total. The molecule has 0 aliphatic rings. The van der Waals surface area contributed by atoms with Crippen LogP contribution in [0.4, 0.5) is 0 Å². The zero-order valence-corrected chi connectivity index (χ0v) is 10.5. The number of nitriles is 1. The second-order valence-corrected chi connectivity index (χ2v) is 4.86. The van der Waals surface area contributed by atoms with Crippen LogP contribution < -0.4 is 4.74 Å². The Bertz CT molecular complexity index is 552. The number of hydrogen-bond donors (Lipinski definition) is 0. The molecular formula is C13H12N2OS. The van der Waals surface area contributed by atoms with Crippen LogP contribution in [-0.2, 0) is 6.42 Å². The Kier molecular flexibility index (Phi) is 3.40. The maximum Gasteiger partial charge on any atom is 0.118 e. The first-order valence-corrected chi connectivity index (χ1v) is 6.04. The summed E-state index contributed by atoms with van der Waals surface area (Å²) in [4.78, 5) is 5.62. The molecule has 0 saturated carbocycles. The van der Waals surface area contributed by atoms with E-state index in [-0.39, 0.29) is 0 Å². The molecule has 4 heteroatoms. The fraction of sp³-hybridized carbons (Fsp3) is 0.231. The third-order valence-electron chi connectivity index (χ3n) is 2.43. The average molecular weight is 244 g/mol. The molecule has 0 fully saturated rings. The zero-order chi connectivity index (χ0) is 12.3. The van der Waals surface area contributed by atoms with Gasteiger partial charge >= 0.3 is 0 Å². The number of aryl methyl sites for hydroxylation is 1. The molecule has 0 unspecified atom stereocenters. The van der Waals surface area contributed by atoms with Crippen molar-refractivity contribution in [2.45, 2.75) is 13.3 Å². The van der Waals surface area contributed by atoms with E-state index in [4.69, 9.17) is 10.00 Å².